The lowest BCUT2D eigenvalue weighted by Crippen LogP contribution is -2.46. The van der Waals surface area contributed by atoms with Crippen molar-refractivity contribution < 1.29 is 19.2 Å². The maximum atomic E-state index is 10.9. The van der Waals surface area contributed by atoms with Crippen LogP contribution in [0.2, 0.25) is 10.0 Å². The predicted octanol–water partition coefficient (Wildman–Crippen LogP) is 8.26. The number of ether oxygens (including phenoxy) is 1. The molecule has 4 saturated carbocycles. The van der Waals surface area contributed by atoms with Crippen LogP contribution in [0.15, 0.2) is 47.3 Å². The summed E-state index contributed by atoms with van der Waals surface area (Å²) in [7, 11) is 0. The first-order chi connectivity index (χ1) is 18.9. The molecule has 4 aliphatic carbocycles. The van der Waals surface area contributed by atoms with Gasteiger partial charge in [-0.15, -0.1) is 0 Å². The summed E-state index contributed by atoms with van der Waals surface area (Å²) in [5.41, 5.74) is 4.54. The van der Waals surface area contributed by atoms with Gasteiger partial charge in [0.15, 0.2) is 0 Å². The van der Waals surface area contributed by atoms with Crippen molar-refractivity contribution in [2.45, 2.75) is 82.3 Å². The van der Waals surface area contributed by atoms with Gasteiger partial charge in [-0.3, -0.25) is 9.78 Å². The maximum absolute atomic E-state index is 10.9. The van der Waals surface area contributed by atoms with Crippen LogP contribution in [0.5, 0.6) is 0 Å². The summed E-state index contributed by atoms with van der Waals surface area (Å²) >= 11 is 13.0. The lowest BCUT2D eigenvalue weighted by molar-refractivity contribution is -0.137. The number of carboxylic acid groups (broad SMARTS) is 1. The lowest BCUT2D eigenvalue weighted by Gasteiger charge is -2.52. The van der Waals surface area contributed by atoms with Crippen molar-refractivity contribution in [2.75, 3.05) is 0 Å². The minimum absolute atomic E-state index is 0.131. The average Bonchev–Trinajstić information content (AvgIpc) is 3.71. The van der Waals surface area contributed by atoms with Gasteiger partial charge >= 0.3 is 5.97 Å². The van der Waals surface area contributed by atoms with E-state index >= 15 is 0 Å². The number of pyridine rings is 1. The van der Waals surface area contributed by atoms with E-state index in [1.165, 1.54) is 0 Å². The van der Waals surface area contributed by atoms with Gasteiger partial charge < -0.3 is 14.4 Å². The summed E-state index contributed by atoms with van der Waals surface area (Å²) in [6.45, 7) is 0.436. The molecule has 1 N–H and O–H groups in total. The molecule has 0 saturated heterocycles. The van der Waals surface area contributed by atoms with Crippen molar-refractivity contribution in [3.8, 4) is 11.3 Å². The molecule has 2 aromatic heterocycles. The maximum Gasteiger partial charge on any atom is 0.303 e. The van der Waals surface area contributed by atoms with Gasteiger partial charge in [-0.05, 0) is 74.3 Å². The zero-order valence-corrected chi connectivity index (χ0v) is 23.3. The standard InChI is InChI=1S/C31H32Cl2N2O4/c32-24-17-34-18-25(33)27(24)28-23(29(39-35-28)22-5-6-22)19-38-31-13-10-30(11-14-31,12-15-31)9-8-21-3-1-2-20(16-21)4-7-26(36)37/h1-3,8-9,16-18,22H,4-7,10-15,19H2,(H,36,37)/b9-8+. The molecule has 204 valence electrons. The summed E-state index contributed by atoms with van der Waals surface area (Å²) in [5.74, 6) is 0.527. The number of aryl methyl sites for hydroxylation is 1. The molecule has 0 radical (unpaired) electrons. The molecule has 3 aromatic rings. The number of aliphatic carboxylic acids is 1. The van der Waals surface area contributed by atoms with Crippen molar-refractivity contribution in [1.29, 1.82) is 0 Å². The zero-order chi connectivity index (χ0) is 27.0. The van der Waals surface area contributed by atoms with Crippen LogP contribution in [0, 0.1) is 5.41 Å². The van der Waals surface area contributed by atoms with Crippen molar-refractivity contribution in [3.05, 3.63) is 75.2 Å². The second-order valence-electron chi connectivity index (χ2n) is 11.4. The highest BCUT2D eigenvalue weighted by Crippen LogP contribution is 2.55. The van der Waals surface area contributed by atoms with Crippen molar-refractivity contribution in [1.82, 2.24) is 10.1 Å². The van der Waals surface area contributed by atoms with Gasteiger partial charge in [0.2, 0.25) is 0 Å². The Morgan fingerprint density at radius 2 is 1.82 bits per heavy atom. The normalized spacial score (nSPS) is 24.5. The summed E-state index contributed by atoms with van der Waals surface area (Å²) in [6, 6.07) is 8.20. The van der Waals surface area contributed by atoms with E-state index in [4.69, 9.17) is 37.6 Å². The number of hydrogen-bond acceptors (Lipinski definition) is 5. The average molecular weight is 568 g/mol. The summed E-state index contributed by atoms with van der Waals surface area (Å²) in [6.07, 6.45) is 17.0. The van der Waals surface area contributed by atoms with E-state index in [9.17, 15) is 4.79 Å². The number of carbonyl (C=O) groups is 1. The number of hydrogen-bond donors (Lipinski definition) is 1. The summed E-state index contributed by atoms with van der Waals surface area (Å²) < 4.78 is 12.6. The molecule has 39 heavy (non-hydrogen) atoms. The second kappa shape index (κ2) is 10.7. The van der Waals surface area contributed by atoms with Crippen LogP contribution in [0.1, 0.15) is 86.2 Å². The molecule has 0 amide bonds. The highest BCUT2D eigenvalue weighted by atomic mass is 35.5. The molecule has 0 spiro atoms. The largest absolute Gasteiger partial charge is 0.481 e. The molecule has 8 heteroatoms. The van der Waals surface area contributed by atoms with Crippen LogP contribution >= 0.6 is 23.2 Å². The van der Waals surface area contributed by atoms with Crippen LogP contribution in [0.4, 0.5) is 0 Å². The molecule has 0 atom stereocenters. The van der Waals surface area contributed by atoms with E-state index in [1.54, 1.807) is 12.4 Å². The van der Waals surface area contributed by atoms with Crippen molar-refractivity contribution in [3.63, 3.8) is 0 Å². The van der Waals surface area contributed by atoms with Gasteiger partial charge in [-0.25, -0.2) is 0 Å². The molecule has 1 aromatic carbocycles. The molecule has 2 bridgehead atoms. The number of allylic oxidation sites excluding steroid dienone is 1. The third-order valence-electron chi connectivity index (χ3n) is 8.82. The number of fused-ring (bicyclic) bond motifs is 3. The van der Waals surface area contributed by atoms with E-state index in [0.29, 0.717) is 40.2 Å². The van der Waals surface area contributed by atoms with Gasteiger partial charge in [0.25, 0.3) is 0 Å². The molecular weight excluding hydrogens is 535 g/mol. The van der Waals surface area contributed by atoms with Crippen LogP contribution in [0.25, 0.3) is 17.3 Å². The monoisotopic (exact) mass is 566 g/mol. The summed E-state index contributed by atoms with van der Waals surface area (Å²) in [5, 5.41) is 14.3. The Labute approximate surface area is 238 Å². The molecule has 0 unspecified atom stereocenters. The Bertz CT molecular complexity index is 1370. The van der Waals surface area contributed by atoms with Crippen LogP contribution in [-0.4, -0.2) is 26.8 Å². The van der Waals surface area contributed by atoms with E-state index < -0.39 is 5.97 Å². The highest BCUT2D eigenvalue weighted by Gasteiger charge is 2.48. The van der Waals surface area contributed by atoms with Crippen LogP contribution < -0.4 is 0 Å². The quantitative estimate of drug-likeness (QED) is 0.266. The lowest BCUT2D eigenvalue weighted by atomic mass is 9.58. The van der Waals surface area contributed by atoms with E-state index in [-0.39, 0.29) is 17.4 Å². The van der Waals surface area contributed by atoms with Crippen LogP contribution in [-0.2, 0) is 22.6 Å². The number of halogens is 2. The number of benzene rings is 1. The summed E-state index contributed by atoms with van der Waals surface area (Å²) in [4.78, 5) is 15.0. The fraction of sp³-hybridized carbons (Fsp3) is 0.452. The predicted molar refractivity (Wildman–Crippen MR) is 151 cm³/mol. The first-order valence-corrected chi connectivity index (χ1v) is 14.5. The van der Waals surface area contributed by atoms with Gasteiger partial charge in [-0.2, -0.15) is 0 Å². The zero-order valence-electron chi connectivity index (χ0n) is 21.8. The topological polar surface area (TPSA) is 85.5 Å². The molecule has 6 nitrogen and oxygen atoms in total. The smallest absolute Gasteiger partial charge is 0.303 e. The Hall–Kier alpha value is -2.67. The minimum atomic E-state index is -0.765. The molecule has 0 aliphatic heterocycles. The van der Waals surface area contributed by atoms with E-state index in [1.807, 2.05) is 12.1 Å². The molecule has 4 aliphatic rings. The van der Waals surface area contributed by atoms with E-state index in [2.05, 4.69) is 34.4 Å². The Balaban J connectivity index is 1.14. The molecule has 4 fully saturated rings. The van der Waals surface area contributed by atoms with Crippen molar-refractivity contribution in [2.24, 2.45) is 5.41 Å². The van der Waals surface area contributed by atoms with Gasteiger partial charge in [0.1, 0.15) is 11.5 Å². The third kappa shape index (κ3) is 5.65. The first kappa shape index (κ1) is 26.5. The molecule has 7 rings (SSSR count). The number of nitrogens with zero attached hydrogens (tertiary/aromatic N) is 2. The third-order valence-corrected chi connectivity index (χ3v) is 9.40. The minimum Gasteiger partial charge on any atom is -0.481 e. The van der Waals surface area contributed by atoms with Crippen molar-refractivity contribution >= 4 is 35.2 Å². The second-order valence-corrected chi connectivity index (χ2v) is 12.2. The molecular formula is C31H32Cl2N2O4. The first-order valence-electron chi connectivity index (χ1n) is 13.8. The fourth-order valence-corrected chi connectivity index (χ4v) is 6.75. The molecule has 2 heterocycles. The number of aromatic nitrogens is 2. The van der Waals surface area contributed by atoms with Crippen LogP contribution in [0.3, 0.4) is 0 Å². The Morgan fingerprint density at radius 1 is 1.10 bits per heavy atom. The SMILES string of the molecule is O=C(O)CCc1cccc(/C=C/C23CCC(OCc4c(-c5c(Cl)cncc5Cl)noc4C4CC4)(CC2)CC3)c1. The van der Waals surface area contributed by atoms with Gasteiger partial charge in [0, 0.05) is 35.9 Å². The fourth-order valence-electron chi connectivity index (χ4n) is 6.21. The number of carboxylic acids is 1. The Kier molecular flexibility index (Phi) is 7.30. The van der Waals surface area contributed by atoms with Gasteiger partial charge in [0.05, 0.1) is 22.3 Å². The Morgan fingerprint density at radius 3 is 2.49 bits per heavy atom. The van der Waals surface area contributed by atoms with Gasteiger partial charge in [-0.1, -0.05) is 64.8 Å². The number of rotatable bonds is 10. The van der Waals surface area contributed by atoms with E-state index in [0.717, 1.165) is 73.8 Å². The highest BCUT2D eigenvalue weighted by molar-refractivity contribution is 6.38.